The largest absolute Gasteiger partial charge is 0.507 e. The van der Waals surface area contributed by atoms with Crippen LogP contribution < -0.4 is 0 Å². The highest BCUT2D eigenvalue weighted by atomic mass is 31.3. The second-order valence-corrected chi connectivity index (χ2v) is 9.48. The molecule has 0 aromatic carbocycles. The van der Waals surface area contributed by atoms with Crippen LogP contribution in [0.3, 0.4) is 0 Å². The summed E-state index contributed by atoms with van der Waals surface area (Å²) in [5.41, 5.74) is 17.0. The van der Waals surface area contributed by atoms with Crippen LogP contribution in [0.5, 0.6) is 0 Å². The molecular weight excluding hydrogens is 478 g/mol. The fourth-order valence-electron chi connectivity index (χ4n) is 1.95. The number of phosphoric ester groups is 1. The van der Waals surface area contributed by atoms with Gasteiger partial charge in [0.15, 0.2) is 0 Å². The van der Waals surface area contributed by atoms with Crippen molar-refractivity contribution in [3.63, 3.8) is 0 Å². The molecule has 19 nitrogen and oxygen atoms in total. The minimum atomic E-state index is -5.73. The fraction of sp³-hybridized carbons (Fsp3) is 0.857. The third-order valence-electron chi connectivity index (χ3n) is 2.85. The standard InChI is InChI=1S/C7H11BN7O12P3/c1-11-7(12-14-9,13-15-10)25-4-2-6(8)24-5(4)3-23-29(19,20)27-30(21,22)26-28(16,17)18/h4-6H,2-3H2,(H,19,20)(H,21,22)(H2,16,17,18)/t4?,5-,6-/m1/s1. The number of ether oxygens (including phenoxy) is 2. The van der Waals surface area contributed by atoms with Gasteiger partial charge in [-0.15, -0.1) is 0 Å². The molecule has 164 valence electrons. The summed E-state index contributed by atoms with van der Waals surface area (Å²) in [5.74, 6) is -2.71. The molecule has 0 aromatic heterocycles. The predicted octanol–water partition coefficient (Wildman–Crippen LogP) is 1.15. The molecule has 0 amide bonds. The number of hydrogen-bond acceptors (Lipinski definition) is 10. The van der Waals surface area contributed by atoms with Gasteiger partial charge in [0.2, 0.25) is 0 Å². The first-order valence-corrected chi connectivity index (χ1v) is 11.6. The first-order valence-electron chi connectivity index (χ1n) is 7.05. The van der Waals surface area contributed by atoms with Crippen molar-refractivity contribution < 1.29 is 55.9 Å². The van der Waals surface area contributed by atoms with Crippen LogP contribution in [0, 0.1) is 6.57 Å². The Morgan fingerprint density at radius 3 is 2.17 bits per heavy atom. The van der Waals surface area contributed by atoms with Gasteiger partial charge in [-0.3, -0.25) is 14.1 Å². The average Bonchev–Trinajstić information content (AvgIpc) is 2.89. The highest BCUT2D eigenvalue weighted by Gasteiger charge is 2.47. The molecule has 1 saturated heterocycles. The lowest BCUT2D eigenvalue weighted by Crippen LogP contribution is -2.36. The summed E-state index contributed by atoms with van der Waals surface area (Å²) in [4.78, 5) is 42.8. The van der Waals surface area contributed by atoms with Crippen LogP contribution in [0.1, 0.15) is 6.42 Å². The van der Waals surface area contributed by atoms with Crippen molar-refractivity contribution in [1.82, 2.24) is 0 Å². The van der Waals surface area contributed by atoms with Crippen LogP contribution in [0.2, 0.25) is 0 Å². The number of rotatable bonds is 11. The first-order chi connectivity index (χ1) is 13.7. The Hall–Kier alpha value is -1.50. The van der Waals surface area contributed by atoms with Crippen LogP contribution in [0.4, 0.5) is 0 Å². The second-order valence-electron chi connectivity index (χ2n) is 5.06. The van der Waals surface area contributed by atoms with E-state index >= 15 is 0 Å². The van der Waals surface area contributed by atoms with E-state index in [0.717, 1.165) is 0 Å². The molecule has 0 spiro atoms. The highest BCUT2D eigenvalue weighted by molar-refractivity contribution is 7.66. The summed E-state index contributed by atoms with van der Waals surface area (Å²) >= 11 is 0. The molecule has 2 radical (unpaired) electrons. The maximum atomic E-state index is 11.7. The Bertz CT molecular complexity index is 906. The van der Waals surface area contributed by atoms with E-state index in [1.165, 1.54) is 0 Å². The third kappa shape index (κ3) is 8.70. The summed E-state index contributed by atoms with van der Waals surface area (Å²) in [6, 6.07) is -1.08. The minimum absolute atomic E-state index is 0.205. The predicted molar refractivity (Wildman–Crippen MR) is 91.3 cm³/mol. The van der Waals surface area contributed by atoms with Gasteiger partial charge in [-0.05, 0) is 17.5 Å². The Balaban J connectivity index is 2.90. The maximum absolute atomic E-state index is 11.7. The molecule has 1 aliphatic heterocycles. The van der Waals surface area contributed by atoms with Gasteiger partial charge < -0.3 is 24.3 Å². The van der Waals surface area contributed by atoms with Crippen LogP contribution in [0.15, 0.2) is 10.2 Å². The lowest BCUT2D eigenvalue weighted by molar-refractivity contribution is -0.0961. The summed E-state index contributed by atoms with van der Waals surface area (Å²) in [5, 5.41) is 5.87. The SMILES string of the molecule is [B][C@H]1CC(OC(N=[N+]=[N-])(N=[N+]=[N-])[N+]#[C-])[C@@H](COP(=O)(O)OP(=O)(O)OP(=O)(O)O)O1. The molecule has 5 atom stereocenters. The van der Waals surface area contributed by atoms with Gasteiger partial charge >= 0.3 is 29.4 Å². The topological polar surface area (TPSA) is 280 Å². The van der Waals surface area contributed by atoms with E-state index in [2.05, 4.69) is 38.0 Å². The van der Waals surface area contributed by atoms with E-state index < -0.39 is 54.3 Å². The Kier molecular flexibility index (Phi) is 9.03. The highest BCUT2D eigenvalue weighted by Crippen LogP contribution is 2.66. The Labute approximate surface area is 167 Å². The molecule has 0 aliphatic carbocycles. The molecular formula is C7H11BN7O12P3. The van der Waals surface area contributed by atoms with Crippen LogP contribution in [-0.2, 0) is 36.3 Å². The number of azide groups is 1. The quantitative estimate of drug-likeness (QED) is 0.0794. The van der Waals surface area contributed by atoms with Crippen LogP contribution >= 0.6 is 23.5 Å². The van der Waals surface area contributed by atoms with Gasteiger partial charge in [0.25, 0.3) is 0 Å². The van der Waals surface area contributed by atoms with E-state index in [1.54, 1.807) is 0 Å². The van der Waals surface area contributed by atoms with E-state index in [0.29, 0.717) is 0 Å². The lowest BCUT2D eigenvalue weighted by atomic mass is 9.96. The molecule has 1 rings (SSSR count). The van der Waals surface area contributed by atoms with Crippen molar-refractivity contribution in [3.05, 3.63) is 32.3 Å². The zero-order valence-corrected chi connectivity index (χ0v) is 16.9. The third-order valence-corrected chi connectivity index (χ3v) is 6.65. The molecule has 0 saturated carbocycles. The average molecular weight is 489 g/mol. The zero-order valence-electron chi connectivity index (χ0n) is 14.3. The molecule has 1 fully saturated rings. The number of hydrogen-bond donors (Lipinski definition) is 4. The van der Waals surface area contributed by atoms with Crippen molar-refractivity contribution in [2.45, 2.75) is 30.6 Å². The zero-order chi connectivity index (χ0) is 23.2. The molecule has 4 N–H and O–H groups in total. The van der Waals surface area contributed by atoms with Crippen molar-refractivity contribution >= 4 is 31.3 Å². The molecule has 23 heteroatoms. The smallest absolute Gasteiger partial charge is 0.380 e. The van der Waals surface area contributed by atoms with Crippen LogP contribution in [-0.4, -0.2) is 58.2 Å². The Morgan fingerprint density at radius 1 is 1.13 bits per heavy atom. The molecule has 3 unspecified atom stereocenters. The summed E-state index contributed by atoms with van der Waals surface area (Å²) in [6.07, 6.45) is -2.89. The Morgan fingerprint density at radius 2 is 1.70 bits per heavy atom. The van der Waals surface area contributed by atoms with E-state index in [9.17, 15) is 18.6 Å². The second kappa shape index (κ2) is 10.2. The van der Waals surface area contributed by atoms with Crippen molar-refractivity contribution in [2.24, 2.45) is 10.2 Å². The van der Waals surface area contributed by atoms with E-state index in [1.807, 2.05) is 0 Å². The van der Waals surface area contributed by atoms with Crippen LogP contribution in [0.25, 0.3) is 25.7 Å². The van der Waals surface area contributed by atoms with Gasteiger partial charge in [0.05, 0.1) is 12.7 Å². The van der Waals surface area contributed by atoms with Crippen molar-refractivity contribution in [1.29, 1.82) is 0 Å². The van der Waals surface area contributed by atoms with Gasteiger partial charge in [0.1, 0.15) is 14.0 Å². The van der Waals surface area contributed by atoms with Gasteiger partial charge in [-0.2, -0.15) is 8.62 Å². The summed E-state index contributed by atoms with van der Waals surface area (Å²) < 4.78 is 55.3. The van der Waals surface area contributed by atoms with E-state index in [4.69, 9.17) is 49.6 Å². The fourth-order valence-corrected chi connectivity index (χ4v) is 4.98. The molecule has 0 bridgehead atoms. The van der Waals surface area contributed by atoms with Gasteiger partial charge in [0, 0.05) is 26.1 Å². The molecule has 0 aromatic rings. The monoisotopic (exact) mass is 489 g/mol. The molecule has 1 aliphatic rings. The van der Waals surface area contributed by atoms with Gasteiger partial charge in [-0.25, -0.2) is 20.3 Å². The summed E-state index contributed by atoms with van der Waals surface area (Å²) in [7, 11) is -11.2. The van der Waals surface area contributed by atoms with Crippen molar-refractivity contribution in [2.75, 3.05) is 6.61 Å². The van der Waals surface area contributed by atoms with E-state index in [-0.39, 0.29) is 6.42 Å². The number of phosphoric acid groups is 3. The maximum Gasteiger partial charge on any atom is 0.507 e. The lowest BCUT2D eigenvalue weighted by Gasteiger charge is -2.23. The first kappa shape index (κ1) is 26.5. The minimum Gasteiger partial charge on any atom is -0.380 e. The normalized spacial score (nSPS) is 27.4. The summed E-state index contributed by atoms with van der Waals surface area (Å²) in [6.45, 7) is 6.04. The van der Waals surface area contributed by atoms with Gasteiger partial charge in [-0.1, -0.05) is 0 Å². The van der Waals surface area contributed by atoms with Crippen molar-refractivity contribution in [3.8, 4) is 0 Å². The number of nitrogens with zero attached hydrogens (tertiary/aromatic N) is 7. The molecule has 30 heavy (non-hydrogen) atoms. The molecule has 1 heterocycles.